The van der Waals surface area contributed by atoms with Crippen LogP contribution in [0.1, 0.15) is 26.3 Å². The third-order valence-corrected chi connectivity index (χ3v) is 6.18. The van der Waals surface area contributed by atoms with Crippen LogP contribution in [0.5, 0.6) is 11.5 Å². The van der Waals surface area contributed by atoms with Crippen LogP contribution < -0.4 is 9.47 Å². The first-order valence-corrected chi connectivity index (χ1v) is 11.5. The lowest BCUT2D eigenvalue weighted by Gasteiger charge is -2.33. The maximum atomic E-state index is 13.0. The van der Waals surface area contributed by atoms with E-state index in [-0.39, 0.29) is 11.8 Å². The largest absolute Gasteiger partial charge is 0.497 e. The molecule has 2 amide bonds. The van der Waals surface area contributed by atoms with E-state index in [9.17, 15) is 9.59 Å². The molecule has 7 heteroatoms. The Morgan fingerprint density at radius 2 is 1.71 bits per heavy atom. The molecule has 178 valence electrons. The highest BCUT2D eigenvalue weighted by Gasteiger charge is 2.22. The van der Waals surface area contributed by atoms with Gasteiger partial charge in [-0.05, 0) is 43.2 Å². The van der Waals surface area contributed by atoms with Crippen molar-refractivity contribution >= 4 is 28.4 Å². The third kappa shape index (κ3) is 4.78. The third-order valence-electron chi connectivity index (χ3n) is 6.18. The summed E-state index contributed by atoms with van der Waals surface area (Å²) in [7, 11) is 1.64. The van der Waals surface area contributed by atoms with E-state index in [0.29, 0.717) is 38.5 Å². The molecule has 7 nitrogen and oxygen atoms in total. The zero-order chi connectivity index (χ0) is 24.2. The average Bonchev–Trinajstić information content (AvgIpc) is 3.26. The number of nitrogens with zero attached hydrogens (tertiary/aromatic N) is 2. The molecule has 0 aliphatic carbocycles. The standard InChI is InChI=1S/C27H30N2O5/c1-5-33-25-16-26-23(24(17-34-26)20-6-8-21(32-4)9-7-20)15-22(25)18(2)14-27(31)29-12-10-28(11-13-29)19(3)30/h6-9,14-17H,5,10-13H2,1-4H3/b18-14+. The van der Waals surface area contributed by atoms with Crippen LogP contribution in [0.4, 0.5) is 0 Å². The highest BCUT2D eigenvalue weighted by atomic mass is 16.5. The molecule has 1 aliphatic rings. The van der Waals surface area contributed by atoms with Crippen LogP contribution in [-0.2, 0) is 9.59 Å². The molecular weight excluding hydrogens is 432 g/mol. The van der Waals surface area contributed by atoms with Crippen molar-refractivity contribution in [1.29, 1.82) is 0 Å². The molecule has 34 heavy (non-hydrogen) atoms. The topological polar surface area (TPSA) is 72.2 Å². The van der Waals surface area contributed by atoms with E-state index in [1.165, 1.54) is 0 Å². The van der Waals surface area contributed by atoms with Crippen molar-refractivity contribution < 1.29 is 23.5 Å². The van der Waals surface area contributed by atoms with Gasteiger partial charge in [0.25, 0.3) is 0 Å². The van der Waals surface area contributed by atoms with E-state index in [1.807, 2.05) is 50.2 Å². The van der Waals surface area contributed by atoms with Crippen molar-refractivity contribution in [3.63, 3.8) is 0 Å². The molecule has 1 aromatic heterocycles. The SMILES string of the molecule is CCOc1cc2occ(-c3ccc(OC)cc3)c2cc1/C(C)=C/C(=O)N1CCN(C(C)=O)CC1. The molecule has 3 aromatic rings. The predicted octanol–water partition coefficient (Wildman–Crippen LogP) is 4.60. The number of methoxy groups -OCH3 is 1. The molecule has 0 saturated carbocycles. The lowest BCUT2D eigenvalue weighted by Crippen LogP contribution is -2.49. The lowest BCUT2D eigenvalue weighted by molar-refractivity contribution is -0.135. The Labute approximate surface area is 199 Å². The van der Waals surface area contributed by atoms with Gasteiger partial charge in [-0.2, -0.15) is 0 Å². The van der Waals surface area contributed by atoms with Crippen LogP contribution in [0.15, 0.2) is 53.2 Å². The molecule has 0 bridgehead atoms. The minimum Gasteiger partial charge on any atom is -0.497 e. The molecule has 1 saturated heterocycles. The second kappa shape index (κ2) is 10.0. The van der Waals surface area contributed by atoms with Gasteiger partial charge >= 0.3 is 0 Å². The molecular formula is C27H30N2O5. The Morgan fingerprint density at radius 3 is 2.32 bits per heavy atom. The van der Waals surface area contributed by atoms with E-state index in [0.717, 1.165) is 39.0 Å². The van der Waals surface area contributed by atoms with Crippen molar-refractivity contribution in [2.45, 2.75) is 20.8 Å². The number of allylic oxidation sites excluding steroid dienone is 1. The number of fused-ring (bicyclic) bond motifs is 1. The fourth-order valence-corrected chi connectivity index (χ4v) is 4.23. The normalized spacial score (nSPS) is 14.4. The van der Waals surface area contributed by atoms with E-state index < -0.39 is 0 Å². The van der Waals surface area contributed by atoms with Gasteiger partial charge in [0.2, 0.25) is 11.8 Å². The number of furan rings is 1. The van der Waals surface area contributed by atoms with Crippen LogP contribution >= 0.6 is 0 Å². The first-order chi connectivity index (χ1) is 16.4. The maximum absolute atomic E-state index is 13.0. The van der Waals surface area contributed by atoms with Crippen molar-refractivity contribution in [3.8, 4) is 22.6 Å². The Kier molecular flexibility index (Phi) is 6.91. The zero-order valence-electron chi connectivity index (χ0n) is 20.1. The monoisotopic (exact) mass is 462 g/mol. The van der Waals surface area contributed by atoms with Crippen LogP contribution in [0.25, 0.3) is 27.7 Å². The quantitative estimate of drug-likeness (QED) is 0.501. The van der Waals surface area contributed by atoms with Crippen LogP contribution in [-0.4, -0.2) is 61.5 Å². The van der Waals surface area contributed by atoms with Gasteiger partial charge in [0.1, 0.15) is 17.1 Å². The van der Waals surface area contributed by atoms with Gasteiger partial charge in [-0.15, -0.1) is 0 Å². The number of hydrogen-bond acceptors (Lipinski definition) is 5. The summed E-state index contributed by atoms with van der Waals surface area (Å²) >= 11 is 0. The van der Waals surface area contributed by atoms with Crippen molar-refractivity contribution in [2.24, 2.45) is 0 Å². The predicted molar refractivity (Wildman–Crippen MR) is 132 cm³/mol. The summed E-state index contributed by atoms with van der Waals surface area (Å²) in [5, 5.41) is 0.943. The molecule has 4 rings (SSSR count). The Hall–Kier alpha value is -3.74. The molecule has 0 atom stereocenters. The molecule has 1 fully saturated rings. The number of ether oxygens (including phenoxy) is 2. The Morgan fingerprint density at radius 1 is 1.03 bits per heavy atom. The molecule has 0 unspecified atom stereocenters. The highest BCUT2D eigenvalue weighted by Crippen LogP contribution is 2.38. The summed E-state index contributed by atoms with van der Waals surface area (Å²) in [4.78, 5) is 28.1. The van der Waals surface area contributed by atoms with E-state index in [1.54, 1.807) is 36.2 Å². The maximum Gasteiger partial charge on any atom is 0.246 e. The summed E-state index contributed by atoms with van der Waals surface area (Å²) in [6.45, 7) is 8.08. The smallest absolute Gasteiger partial charge is 0.246 e. The lowest BCUT2D eigenvalue weighted by atomic mass is 9.99. The van der Waals surface area contributed by atoms with Crippen LogP contribution in [0.3, 0.4) is 0 Å². The Balaban J connectivity index is 1.66. The summed E-state index contributed by atoms with van der Waals surface area (Å²) in [6, 6.07) is 11.7. The fourth-order valence-electron chi connectivity index (χ4n) is 4.23. The molecule has 0 N–H and O–H groups in total. The summed E-state index contributed by atoms with van der Waals surface area (Å²) in [6.07, 6.45) is 3.39. The molecule has 2 heterocycles. The molecule has 2 aromatic carbocycles. The number of carbonyl (C=O) groups excluding carboxylic acids is 2. The molecule has 1 aliphatic heterocycles. The number of hydrogen-bond donors (Lipinski definition) is 0. The average molecular weight is 463 g/mol. The first kappa shape index (κ1) is 23.4. The van der Waals surface area contributed by atoms with Crippen LogP contribution in [0.2, 0.25) is 0 Å². The number of benzene rings is 2. The summed E-state index contributed by atoms with van der Waals surface area (Å²) in [5.41, 5.74) is 4.35. The number of piperazine rings is 1. The second-order valence-electron chi connectivity index (χ2n) is 8.31. The van der Waals surface area contributed by atoms with Gasteiger partial charge in [-0.3, -0.25) is 9.59 Å². The van der Waals surface area contributed by atoms with Gasteiger partial charge in [-0.1, -0.05) is 12.1 Å². The summed E-state index contributed by atoms with van der Waals surface area (Å²) < 4.78 is 17.0. The minimum atomic E-state index is -0.0641. The Bertz CT molecular complexity index is 1220. The van der Waals surface area contributed by atoms with E-state index in [4.69, 9.17) is 13.9 Å². The number of rotatable bonds is 6. The van der Waals surface area contributed by atoms with Crippen molar-refractivity contribution in [3.05, 3.63) is 54.3 Å². The van der Waals surface area contributed by atoms with Crippen molar-refractivity contribution in [2.75, 3.05) is 39.9 Å². The van der Waals surface area contributed by atoms with E-state index in [2.05, 4.69) is 0 Å². The van der Waals surface area contributed by atoms with E-state index >= 15 is 0 Å². The highest BCUT2D eigenvalue weighted by molar-refractivity contribution is 6.00. The van der Waals surface area contributed by atoms with Gasteiger partial charge in [0.05, 0.1) is 20.0 Å². The van der Waals surface area contributed by atoms with Gasteiger partial charge in [0, 0.05) is 61.8 Å². The number of amides is 2. The van der Waals surface area contributed by atoms with Crippen LogP contribution in [0, 0.1) is 0 Å². The zero-order valence-corrected chi connectivity index (χ0v) is 20.1. The van der Waals surface area contributed by atoms with Gasteiger partial charge < -0.3 is 23.7 Å². The number of carbonyl (C=O) groups is 2. The van der Waals surface area contributed by atoms with Crippen molar-refractivity contribution in [1.82, 2.24) is 9.80 Å². The van der Waals surface area contributed by atoms with Gasteiger partial charge in [0.15, 0.2) is 0 Å². The summed E-state index contributed by atoms with van der Waals surface area (Å²) in [5.74, 6) is 1.44. The minimum absolute atomic E-state index is 0.0428. The molecule has 0 spiro atoms. The van der Waals surface area contributed by atoms with Gasteiger partial charge in [-0.25, -0.2) is 0 Å². The first-order valence-electron chi connectivity index (χ1n) is 11.5. The second-order valence-corrected chi connectivity index (χ2v) is 8.31. The fraction of sp³-hybridized carbons (Fsp3) is 0.333. The molecule has 0 radical (unpaired) electrons.